The quantitative estimate of drug-likeness (QED) is 0.884. The lowest BCUT2D eigenvalue weighted by Crippen LogP contribution is -2.06. The number of aryl methyl sites for hydroxylation is 1. The Morgan fingerprint density at radius 2 is 2.26 bits per heavy atom. The van der Waals surface area contributed by atoms with Gasteiger partial charge in [0.1, 0.15) is 0 Å². The van der Waals surface area contributed by atoms with Crippen LogP contribution in [0.15, 0.2) is 24.7 Å². The molecular formula is C13H17ClN4O. The van der Waals surface area contributed by atoms with Gasteiger partial charge in [-0.2, -0.15) is 5.10 Å². The number of rotatable bonds is 6. The minimum Gasteiger partial charge on any atom is -0.436 e. The summed E-state index contributed by atoms with van der Waals surface area (Å²) in [5, 5.41) is 7.88. The molecule has 0 aliphatic carbocycles. The molecule has 0 aromatic carbocycles. The van der Waals surface area contributed by atoms with Crippen LogP contribution in [0.25, 0.3) is 0 Å². The van der Waals surface area contributed by atoms with Gasteiger partial charge < -0.3 is 10.1 Å². The summed E-state index contributed by atoms with van der Waals surface area (Å²) in [6.45, 7) is 3.65. The fraction of sp³-hybridized carbons (Fsp3) is 0.385. The van der Waals surface area contributed by atoms with Gasteiger partial charge in [-0.25, -0.2) is 4.98 Å². The summed E-state index contributed by atoms with van der Waals surface area (Å²) in [4.78, 5) is 4.15. The molecule has 0 saturated heterocycles. The number of halogens is 1. The predicted molar refractivity (Wildman–Crippen MR) is 74.6 cm³/mol. The van der Waals surface area contributed by atoms with Crippen molar-refractivity contribution in [1.29, 1.82) is 0 Å². The first-order valence-corrected chi connectivity index (χ1v) is 6.60. The van der Waals surface area contributed by atoms with Crippen LogP contribution in [0.1, 0.15) is 18.9 Å². The number of nitrogens with zero attached hydrogens (tertiary/aromatic N) is 3. The number of hydrogen-bond acceptors (Lipinski definition) is 4. The molecule has 0 spiro atoms. The van der Waals surface area contributed by atoms with Crippen molar-refractivity contribution >= 4 is 11.6 Å². The summed E-state index contributed by atoms with van der Waals surface area (Å²) in [5.74, 6) is 1.20. The van der Waals surface area contributed by atoms with E-state index in [0.29, 0.717) is 23.2 Å². The second kappa shape index (κ2) is 6.54. The SMILES string of the molecule is CCCn1cc(Oc2cc(CNC)c(Cl)cn2)cn1. The van der Waals surface area contributed by atoms with Crippen molar-refractivity contribution < 1.29 is 4.74 Å². The molecule has 2 aromatic rings. The van der Waals surface area contributed by atoms with Crippen LogP contribution in [0.2, 0.25) is 5.02 Å². The zero-order chi connectivity index (χ0) is 13.7. The smallest absolute Gasteiger partial charge is 0.219 e. The molecule has 2 rings (SSSR count). The molecule has 19 heavy (non-hydrogen) atoms. The highest BCUT2D eigenvalue weighted by atomic mass is 35.5. The van der Waals surface area contributed by atoms with Crippen LogP contribution in [0.5, 0.6) is 11.6 Å². The van der Waals surface area contributed by atoms with Crippen molar-refractivity contribution in [3.05, 3.63) is 35.2 Å². The van der Waals surface area contributed by atoms with Crippen LogP contribution in [-0.4, -0.2) is 21.8 Å². The molecule has 102 valence electrons. The molecule has 0 atom stereocenters. The molecule has 0 saturated carbocycles. The van der Waals surface area contributed by atoms with E-state index in [1.807, 2.05) is 24.0 Å². The van der Waals surface area contributed by atoms with Crippen molar-refractivity contribution in [3.63, 3.8) is 0 Å². The van der Waals surface area contributed by atoms with Crippen molar-refractivity contribution in [3.8, 4) is 11.6 Å². The maximum absolute atomic E-state index is 6.05. The highest BCUT2D eigenvalue weighted by Gasteiger charge is 2.06. The van der Waals surface area contributed by atoms with Gasteiger partial charge in [-0.3, -0.25) is 4.68 Å². The molecule has 5 nitrogen and oxygen atoms in total. The second-order valence-corrected chi connectivity index (χ2v) is 4.59. The molecule has 2 heterocycles. The normalized spacial score (nSPS) is 10.7. The zero-order valence-electron chi connectivity index (χ0n) is 11.1. The highest BCUT2D eigenvalue weighted by molar-refractivity contribution is 6.31. The van der Waals surface area contributed by atoms with Crippen LogP contribution < -0.4 is 10.1 Å². The summed E-state index contributed by atoms with van der Waals surface area (Å²) in [7, 11) is 1.87. The number of aromatic nitrogens is 3. The van der Waals surface area contributed by atoms with Gasteiger partial charge in [0.25, 0.3) is 0 Å². The molecule has 0 amide bonds. The largest absolute Gasteiger partial charge is 0.436 e. The van der Waals surface area contributed by atoms with E-state index in [9.17, 15) is 0 Å². The molecule has 2 aromatic heterocycles. The Morgan fingerprint density at radius 1 is 1.42 bits per heavy atom. The minimum absolute atomic E-state index is 0.519. The van der Waals surface area contributed by atoms with E-state index in [0.717, 1.165) is 18.5 Å². The Hall–Kier alpha value is -1.59. The standard InChI is InChI=1S/C13H17ClN4O/c1-3-4-18-9-11(7-17-18)19-13-5-10(6-15-2)12(14)8-16-13/h5,7-9,15H,3-4,6H2,1-2H3. The summed E-state index contributed by atoms with van der Waals surface area (Å²) in [6, 6.07) is 1.83. The third-order valence-corrected chi connectivity index (χ3v) is 2.90. The Morgan fingerprint density at radius 3 is 3.00 bits per heavy atom. The fourth-order valence-electron chi connectivity index (χ4n) is 1.71. The lowest BCUT2D eigenvalue weighted by Gasteiger charge is -2.06. The maximum atomic E-state index is 6.05. The molecule has 0 radical (unpaired) electrons. The molecular weight excluding hydrogens is 264 g/mol. The van der Waals surface area contributed by atoms with Crippen molar-refractivity contribution in [2.24, 2.45) is 0 Å². The Balaban J connectivity index is 2.11. The molecule has 1 N–H and O–H groups in total. The van der Waals surface area contributed by atoms with E-state index in [-0.39, 0.29) is 0 Å². The van der Waals surface area contributed by atoms with Crippen LogP contribution in [0, 0.1) is 0 Å². The molecule has 0 bridgehead atoms. The number of ether oxygens (including phenoxy) is 1. The topological polar surface area (TPSA) is 52.0 Å². The Bertz CT molecular complexity index is 541. The molecule has 6 heteroatoms. The van der Waals surface area contributed by atoms with Crippen LogP contribution in [0.3, 0.4) is 0 Å². The van der Waals surface area contributed by atoms with E-state index in [4.69, 9.17) is 16.3 Å². The van der Waals surface area contributed by atoms with Gasteiger partial charge in [0.15, 0.2) is 5.75 Å². The van der Waals surface area contributed by atoms with E-state index in [1.54, 1.807) is 12.4 Å². The van der Waals surface area contributed by atoms with Gasteiger partial charge in [-0.1, -0.05) is 18.5 Å². The number of pyridine rings is 1. The summed E-state index contributed by atoms with van der Waals surface area (Å²) in [6.07, 6.45) is 6.17. The summed E-state index contributed by atoms with van der Waals surface area (Å²) < 4.78 is 7.51. The van der Waals surface area contributed by atoms with E-state index in [2.05, 4.69) is 22.3 Å². The summed E-state index contributed by atoms with van der Waals surface area (Å²) >= 11 is 6.05. The number of nitrogens with one attached hydrogen (secondary N) is 1. The first kappa shape index (κ1) is 13.8. The first-order valence-electron chi connectivity index (χ1n) is 6.22. The van der Waals surface area contributed by atoms with Crippen molar-refractivity contribution in [2.75, 3.05) is 7.05 Å². The monoisotopic (exact) mass is 280 g/mol. The third-order valence-electron chi connectivity index (χ3n) is 2.56. The predicted octanol–water partition coefficient (Wildman–Crippen LogP) is 2.85. The zero-order valence-corrected chi connectivity index (χ0v) is 11.8. The minimum atomic E-state index is 0.519. The van der Waals surface area contributed by atoms with Crippen molar-refractivity contribution in [1.82, 2.24) is 20.1 Å². The van der Waals surface area contributed by atoms with Crippen LogP contribution >= 0.6 is 11.6 Å². The Labute approximate surface area is 117 Å². The van der Waals surface area contributed by atoms with Gasteiger partial charge >= 0.3 is 0 Å². The average Bonchev–Trinajstić information content (AvgIpc) is 2.82. The van der Waals surface area contributed by atoms with Crippen LogP contribution in [-0.2, 0) is 13.1 Å². The molecule has 0 aliphatic heterocycles. The van der Waals surface area contributed by atoms with Crippen molar-refractivity contribution in [2.45, 2.75) is 26.4 Å². The lowest BCUT2D eigenvalue weighted by molar-refractivity contribution is 0.460. The molecule has 0 aliphatic rings. The lowest BCUT2D eigenvalue weighted by atomic mass is 10.2. The van der Waals surface area contributed by atoms with E-state index >= 15 is 0 Å². The molecule has 0 fully saturated rings. The first-order chi connectivity index (χ1) is 9.22. The maximum Gasteiger partial charge on any atom is 0.219 e. The van der Waals surface area contributed by atoms with E-state index in [1.165, 1.54) is 0 Å². The van der Waals surface area contributed by atoms with Gasteiger partial charge in [0, 0.05) is 25.4 Å². The van der Waals surface area contributed by atoms with Gasteiger partial charge in [-0.05, 0) is 19.0 Å². The Kier molecular flexibility index (Phi) is 4.76. The van der Waals surface area contributed by atoms with E-state index < -0.39 is 0 Å². The second-order valence-electron chi connectivity index (χ2n) is 4.19. The van der Waals surface area contributed by atoms with Gasteiger partial charge in [0.2, 0.25) is 5.88 Å². The van der Waals surface area contributed by atoms with Crippen LogP contribution in [0.4, 0.5) is 0 Å². The average molecular weight is 281 g/mol. The number of hydrogen-bond donors (Lipinski definition) is 1. The third kappa shape index (κ3) is 3.68. The summed E-state index contributed by atoms with van der Waals surface area (Å²) in [5.41, 5.74) is 0.954. The van der Waals surface area contributed by atoms with Gasteiger partial charge in [-0.15, -0.1) is 0 Å². The fourth-order valence-corrected chi connectivity index (χ4v) is 1.88. The van der Waals surface area contributed by atoms with Gasteiger partial charge in [0.05, 0.1) is 17.4 Å². The molecule has 0 unspecified atom stereocenters. The highest BCUT2D eigenvalue weighted by Crippen LogP contribution is 2.23.